The van der Waals surface area contributed by atoms with Crippen LogP contribution in [0.2, 0.25) is 0 Å². The minimum absolute atomic E-state index is 0. The third-order valence-corrected chi connectivity index (χ3v) is 5.38. The van der Waals surface area contributed by atoms with Crippen molar-refractivity contribution in [2.24, 2.45) is 0 Å². The standard InChI is InChI=1S/C18H12NO.C12H10N.Ir/c1-12-6-4-10-16(19-12)15-9-5-8-14-13-7-2-3-11-17(13)20-18(14)15;1-10-5-4-6-11(9-10)12-7-2-3-8-13-12;/h2-8,10-11H,1H3;2-5,7-9H,1H3;/q2*-1;. The number of nitrogens with zero attached hydrogens (tertiary/aromatic N) is 2. The Labute approximate surface area is 212 Å². The van der Waals surface area contributed by atoms with Gasteiger partial charge in [-0.05, 0) is 36.5 Å². The van der Waals surface area contributed by atoms with Gasteiger partial charge in [0, 0.05) is 37.4 Å². The first-order chi connectivity index (χ1) is 16.2. The van der Waals surface area contributed by atoms with Crippen molar-refractivity contribution in [2.75, 3.05) is 0 Å². The van der Waals surface area contributed by atoms with E-state index in [1.165, 1.54) is 5.56 Å². The predicted octanol–water partition coefficient (Wildman–Crippen LogP) is 7.61. The Morgan fingerprint density at radius 2 is 1.53 bits per heavy atom. The molecule has 1 radical (unpaired) electrons. The molecule has 4 heteroatoms. The number of hydrogen-bond donors (Lipinski definition) is 0. The summed E-state index contributed by atoms with van der Waals surface area (Å²) in [4.78, 5) is 8.83. The van der Waals surface area contributed by atoms with Crippen LogP contribution in [0.3, 0.4) is 0 Å². The maximum atomic E-state index is 6.01. The first-order valence-electron chi connectivity index (χ1n) is 10.8. The molecule has 0 aliphatic heterocycles. The number of para-hydroxylation sites is 1. The summed E-state index contributed by atoms with van der Waals surface area (Å²) in [5, 5.41) is 2.24. The average Bonchev–Trinajstić information content (AvgIpc) is 3.24. The van der Waals surface area contributed by atoms with Gasteiger partial charge in [-0.3, -0.25) is 0 Å². The normalized spacial score (nSPS) is 10.4. The van der Waals surface area contributed by atoms with Crippen LogP contribution in [0.5, 0.6) is 0 Å². The van der Waals surface area contributed by atoms with Gasteiger partial charge >= 0.3 is 0 Å². The van der Waals surface area contributed by atoms with E-state index >= 15 is 0 Å². The Morgan fingerprint density at radius 1 is 0.735 bits per heavy atom. The molecule has 34 heavy (non-hydrogen) atoms. The monoisotopic (exact) mass is 619 g/mol. The summed E-state index contributed by atoms with van der Waals surface area (Å²) in [6, 6.07) is 36.4. The molecule has 3 aromatic heterocycles. The quantitative estimate of drug-likeness (QED) is 0.188. The number of pyridine rings is 2. The maximum Gasteiger partial charge on any atom is 0.120 e. The van der Waals surface area contributed by atoms with Gasteiger partial charge in [-0.25, -0.2) is 0 Å². The van der Waals surface area contributed by atoms with Crippen molar-refractivity contribution < 1.29 is 24.5 Å². The summed E-state index contributed by atoms with van der Waals surface area (Å²) in [7, 11) is 0. The molecule has 6 aromatic rings. The Morgan fingerprint density at radius 3 is 2.32 bits per heavy atom. The molecule has 0 N–H and O–H groups in total. The van der Waals surface area contributed by atoms with Crippen molar-refractivity contribution in [3.63, 3.8) is 0 Å². The molecule has 3 heterocycles. The molecule has 0 atom stereocenters. The number of aromatic nitrogens is 2. The molecule has 0 saturated heterocycles. The molecular formula is C30H22IrN2O-2. The fraction of sp³-hybridized carbons (Fsp3) is 0.0667. The van der Waals surface area contributed by atoms with Crippen molar-refractivity contribution in [2.45, 2.75) is 13.8 Å². The molecule has 169 valence electrons. The third-order valence-electron chi connectivity index (χ3n) is 5.38. The molecule has 3 aromatic carbocycles. The second-order valence-electron chi connectivity index (χ2n) is 7.85. The molecular weight excluding hydrogens is 597 g/mol. The van der Waals surface area contributed by atoms with Crippen molar-refractivity contribution >= 4 is 21.9 Å². The topological polar surface area (TPSA) is 38.9 Å². The van der Waals surface area contributed by atoms with Crippen LogP contribution in [-0.2, 0) is 20.1 Å². The zero-order valence-electron chi connectivity index (χ0n) is 18.9. The Kier molecular flexibility index (Phi) is 7.32. The van der Waals surface area contributed by atoms with Crippen LogP contribution in [0.4, 0.5) is 0 Å². The van der Waals surface area contributed by atoms with Crippen molar-refractivity contribution in [1.29, 1.82) is 0 Å². The number of hydrogen-bond acceptors (Lipinski definition) is 3. The van der Waals surface area contributed by atoms with Crippen LogP contribution in [-0.4, -0.2) is 9.97 Å². The van der Waals surface area contributed by atoms with Gasteiger partial charge in [0.1, 0.15) is 5.58 Å². The van der Waals surface area contributed by atoms with E-state index in [4.69, 9.17) is 4.42 Å². The number of benzene rings is 3. The molecule has 6 rings (SSSR count). The van der Waals surface area contributed by atoms with Crippen LogP contribution < -0.4 is 0 Å². The van der Waals surface area contributed by atoms with E-state index in [0.29, 0.717) is 0 Å². The largest absolute Gasteiger partial charge is 0.501 e. The summed E-state index contributed by atoms with van der Waals surface area (Å²) in [5.74, 6) is 0. The van der Waals surface area contributed by atoms with Gasteiger partial charge < -0.3 is 14.4 Å². The molecule has 0 fully saturated rings. The van der Waals surface area contributed by atoms with Gasteiger partial charge in [0.05, 0.1) is 5.58 Å². The molecule has 0 unspecified atom stereocenters. The van der Waals surface area contributed by atoms with Crippen molar-refractivity contribution in [1.82, 2.24) is 9.97 Å². The van der Waals surface area contributed by atoms with E-state index in [2.05, 4.69) is 41.2 Å². The van der Waals surface area contributed by atoms with E-state index in [1.807, 2.05) is 85.8 Å². The summed E-state index contributed by atoms with van der Waals surface area (Å²) < 4.78 is 6.01. The van der Waals surface area contributed by atoms with E-state index in [1.54, 1.807) is 6.20 Å². The van der Waals surface area contributed by atoms with Gasteiger partial charge in [-0.1, -0.05) is 60.3 Å². The van der Waals surface area contributed by atoms with Crippen LogP contribution in [0.1, 0.15) is 11.3 Å². The molecule has 0 amide bonds. The van der Waals surface area contributed by atoms with E-state index in [-0.39, 0.29) is 20.1 Å². The Hall–Kier alpha value is -3.59. The van der Waals surface area contributed by atoms with Crippen LogP contribution in [0.25, 0.3) is 44.5 Å². The van der Waals surface area contributed by atoms with Gasteiger partial charge in [0.15, 0.2) is 0 Å². The van der Waals surface area contributed by atoms with Gasteiger partial charge in [0.25, 0.3) is 0 Å². The number of fused-ring (bicyclic) bond motifs is 3. The molecule has 0 spiro atoms. The van der Waals surface area contributed by atoms with Crippen molar-refractivity contribution in [3.8, 4) is 22.5 Å². The fourth-order valence-electron chi connectivity index (χ4n) is 3.81. The van der Waals surface area contributed by atoms with Crippen molar-refractivity contribution in [3.05, 3.63) is 121 Å². The second kappa shape index (κ2) is 10.6. The maximum absolute atomic E-state index is 6.01. The zero-order valence-corrected chi connectivity index (χ0v) is 21.3. The van der Waals surface area contributed by atoms with E-state index < -0.39 is 0 Å². The summed E-state index contributed by atoms with van der Waals surface area (Å²) >= 11 is 0. The average molecular weight is 619 g/mol. The van der Waals surface area contributed by atoms with Crippen LogP contribution in [0, 0.1) is 26.0 Å². The minimum Gasteiger partial charge on any atom is -0.501 e. The van der Waals surface area contributed by atoms with Gasteiger partial charge in [-0.2, -0.15) is 0 Å². The first-order valence-corrected chi connectivity index (χ1v) is 10.8. The molecule has 0 bridgehead atoms. The minimum atomic E-state index is 0. The Balaban J connectivity index is 0.000000171. The third kappa shape index (κ3) is 4.99. The number of aryl methyl sites for hydroxylation is 2. The molecule has 0 aliphatic rings. The predicted molar refractivity (Wildman–Crippen MR) is 134 cm³/mol. The summed E-state index contributed by atoms with van der Waals surface area (Å²) in [5.41, 5.74) is 7.83. The van der Waals surface area contributed by atoms with E-state index in [9.17, 15) is 0 Å². The van der Waals surface area contributed by atoms with Gasteiger partial charge in [-0.15, -0.1) is 53.6 Å². The van der Waals surface area contributed by atoms with Crippen LogP contribution in [0.15, 0.2) is 102 Å². The summed E-state index contributed by atoms with van der Waals surface area (Å²) in [6.07, 6.45) is 1.80. The SMILES string of the molecule is Cc1cc[c-]c(-c2ccccn2)c1.Cc1cccc(-c2[c-]ccc3c2oc2ccccc23)n1.[Ir]. The summed E-state index contributed by atoms with van der Waals surface area (Å²) in [6.45, 7) is 4.06. The number of furan rings is 1. The smallest absolute Gasteiger partial charge is 0.120 e. The zero-order chi connectivity index (χ0) is 22.6. The van der Waals surface area contributed by atoms with Crippen LogP contribution >= 0.6 is 0 Å². The molecule has 3 nitrogen and oxygen atoms in total. The fourth-order valence-corrected chi connectivity index (χ4v) is 3.81. The first kappa shape index (κ1) is 23.6. The van der Waals surface area contributed by atoms with Gasteiger partial charge in [0.2, 0.25) is 0 Å². The van der Waals surface area contributed by atoms with E-state index in [0.717, 1.165) is 50.1 Å². The molecule has 0 aliphatic carbocycles. The number of rotatable bonds is 2. The molecule has 0 saturated carbocycles. The Bertz CT molecular complexity index is 1540. The second-order valence-corrected chi connectivity index (χ2v) is 7.85.